The molecule has 0 unspecified atom stereocenters. The van der Waals surface area contributed by atoms with Gasteiger partial charge in [-0.3, -0.25) is 0 Å². The van der Waals surface area contributed by atoms with Crippen LogP contribution < -0.4 is 4.74 Å². The van der Waals surface area contributed by atoms with Crippen LogP contribution in [0.4, 0.5) is 0 Å². The SMILES string of the molecule is CC(C)CCOc1ccc(Br)cc1Br. The molecule has 0 radical (unpaired) electrons. The monoisotopic (exact) mass is 320 g/mol. The highest BCUT2D eigenvalue weighted by atomic mass is 79.9. The summed E-state index contributed by atoms with van der Waals surface area (Å²) in [6.45, 7) is 5.16. The third-order valence-electron chi connectivity index (χ3n) is 1.85. The largest absolute Gasteiger partial charge is 0.492 e. The van der Waals surface area contributed by atoms with Crippen LogP contribution in [0.25, 0.3) is 0 Å². The summed E-state index contributed by atoms with van der Waals surface area (Å²) in [5.41, 5.74) is 0. The minimum Gasteiger partial charge on any atom is -0.492 e. The Bertz CT molecular complexity index is 297. The van der Waals surface area contributed by atoms with Gasteiger partial charge in [-0.1, -0.05) is 29.8 Å². The third kappa shape index (κ3) is 4.01. The van der Waals surface area contributed by atoms with Gasteiger partial charge >= 0.3 is 0 Å². The first kappa shape index (κ1) is 12.1. The van der Waals surface area contributed by atoms with Crippen molar-refractivity contribution in [2.24, 2.45) is 5.92 Å². The molecule has 1 aromatic rings. The molecule has 0 spiro atoms. The Morgan fingerprint density at radius 1 is 1.29 bits per heavy atom. The van der Waals surface area contributed by atoms with E-state index in [1.54, 1.807) is 0 Å². The summed E-state index contributed by atoms with van der Waals surface area (Å²) < 4.78 is 7.69. The van der Waals surface area contributed by atoms with Crippen molar-refractivity contribution in [3.05, 3.63) is 27.1 Å². The number of ether oxygens (including phenoxy) is 1. The fraction of sp³-hybridized carbons (Fsp3) is 0.455. The second-order valence-corrected chi connectivity index (χ2v) is 5.38. The number of halogens is 2. The molecule has 0 aliphatic carbocycles. The number of hydrogen-bond acceptors (Lipinski definition) is 1. The summed E-state index contributed by atoms with van der Waals surface area (Å²) in [6.07, 6.45) is 1.09. The molecule has 0 saturated carbocycles. The van der Waals surface area contributed by atoms with Crippen molar-refractivity contribution in [1.82, 2.24) is 0 Å². The molecule has 1 nitrogen and oxygen atoms in total. The van der Waals surface area contributed by atoms with Crippen LogP contribution >= 0.6 is 31.9 Å². The number of rotatable bonds is 4. The topological polar surface area (TPSA) is 9.23 Å². The van der Waals surface area contributed by atoms with Crippen molar-refractivity contribution < 1.29 is 4.74 Å². The molecule has 0 amide bonds. The average molecular weight is 322 g/mol. The van der Waals surface area contributed by atoms with Gasteiger partial charge in [0.05, 0.1) is 11.1 Å². The fourth-order valence-electron chi connectivity index (χ4n) is 0.997. The summed E-state index contributed by atoms with van der Waals surface area (Å²) in [5.74, 6) is 1.60. The van der Waals surface area contributed by atoms with Gasteiger partial charge in [-0.25, -0.2) is 0 Å². The maximum atomic E-state index is 5.63. The fourth-order valence-corrected chi connectivity index (χ4v) is 2.16. The lowest BCUT2D eigenvalue weighted by molar-refractivity contribution is 0.288. The third-order valence-corrected chi connectivity index (χ3v) is 2.96. The van der Waals surface area contributed by atoms with Crippen LogP contribution in [0.5, 0.6) is 5.75 Å². The van der Waals surface area contributed by atoms with Crippen LogP contribution in [0, 0.1) is 5.92 Å². The number of benzene rings is 1. The molecular formula is C11H14Br2O. The standard InChI is InChI=1S/C11H14Br2O/c1-8(2)5-6-14-11-4-3-9(12)7-10(11)13/h3-4,7-8H,5-6H2,1-2H3. The Kier molecular flexibility index (Phi) is 4.96. The van der Waals surface area contributed by atoms with Crippen molar-refractivity contribution >= 4 is 31.9 Å². The Labute approximate surface area is 102 Å². The second kappa shape index (κ2) is 5.76. The first-order valence-corrected chi connectivity index (χ1v) is 6.26. The van der Waals surface area contributed by atoms with Gasteiger partial charge in [-0.2, -0.15) is 0 Å². The van der Waals surface area contributed by atoms with Crippen molar-refractivity contribution in [2.45, 2.75) is 20.3 Å². The minimum atomic E-state index is 0.684. The molecule has 0 aliphatic heterocycles. The van der Waals surface area contributed by atoms with E-state index in [0.717, 1.165) is 27.7 Å². The maximum absolute atomic E-state index is 5.63. The Morgan fingerprint density at radius 3 is 2.57 bits per heavy atom. The molecule has 78 valence electrons. The van der Waals surface area contributed by atoms with E-state index in [9.17, 15) is 0 Å². The molecule has 3 heteroatoms. The van der Waals surface area contributed by atoms with E-state index >= 15 is 0 Å². The van der Waals surface area contributed by atoms with Gasteiger partial charge in [0.1, 0.15) is 5.75 Å². The number of hydrogen-bond donors (Lipinski definition) is 0. The molecule has 0 fully saturated rings. The predicted octanol–water partition coefficient (Wildman–Crippen LogP) is 4.64. The Morgan fingerprint density at radius 2 is 2.00 bits per heavy atom. The van der Waals surface area contributed by atoms with Crippen molar-refractivity contribution in [3.63, 3.8) is 0 Å². The van der Waals surface area contributed by atoms with E-state index in [1.807, 2.05) is 18.2 Å². The molecule has 0 bridgehead atoms. The van der Waals surface area contributed by atoms with E-state index < -0.39 is 0 Å². The van der Waals surface area contributed by atoms with E-state index in [4.69, 9.17) is 4.74 Å². The van der Waals surface area contributed by atoms with Crippen LogP contribution in [0.2, 0.25) is 0 Å². The van der Waals surface area contributed by atoms with Crippen molar-refractivity contribution in [2.75, 3.05) is 6.61 Å². The second-order valence-electron chi connectivity index (χ2n) is 3.61. The summed E-state index contributed by atoms with van der Waals surface area (Å²) in [5, 5.41) is 0. The lowest BCUT2D eigenvalue weighted by atomic mass is 10.1. The quantitative estimate of drug-likeness (QED) is 0.785. The highest BCUT2D eigenvalue weighted by Crippen LogP contribution is 2.28. The van der Waals surface area contributed by atoms with E-state index in [0.29, 0.717) is 5.92 Å². The van der Waals surface area contributed by atoms with Gasteiger partial charge < -0.3 is 4.74 Å². The van der Waals surface area contributed by atoms with Gasteiger partial charge in [0.15, 0.2) is 0 Å². The predicted molar refractivity (Wildman–Crippen MR) is 66.8 cm³/mol. The molecule has 0 aromatic heterocycles. The minimum absolute atomic E-state index is 0.684. The van der Waals surface area contributed by atoms with Crippen LogP contribution in [0.1, 0.15) is 20.3 Å². The first-order chi connectivity index (χ1) is 6.59. The lowest BCUT2D eigenvalue weighted by Gasteiger charge is -2.09. The molecule has 0 atom stereocenters. The summed E-state index contributed by atoms with van der Waals surface area (Å²) >= 11 is 6.86. The first-order valence-electron chi connectivity index (χ1n) is 4.67. The highest BCUT2D eigenvalue weighted by molar-refractivity contribution is 9.11. The Hall–Kier alpha value is -0.0200. The van der Waals surface area contributed by atoms with Crippen LogP contribution in [-0.2, 0) is 0 Å². The van der Waals surface area contributed by atoms with Crippen LogP contribution in [0.3, 0.4) is 0 Å². The molecular weight excluding hydrogens is 308 g/mol. The normalized spacial score (nSPS) is 10.6. The van der Waals surface area contributed by atoms with Crippen molar-refractivity contribution in [3.8, 4) is 5.75 Å². The van der Waals surface area contributed by atoms with Gasteiger partial charge in [-0.15, -0.1) is 0 Å². The molecule has 14 heavy (non-hydrogen) atoms. The summed E-state index contributed by atoms with van der Waals surface area (Å²) in [4.78, 5) is 0. The Balaban J connectivity index is 2.51. The lowest BCUT2D eigenvalue weighted by Crippen LogP contribution is -2.01. The van der Waals surface area contributed by atoms with Gasteiger partial charge in [0.25, 0.3) is 0 Å². The van der Waals surface area contributed by atoms with Gasteiger partial charge in [-0.05, 0) is 46.5 Å². The van der Waals surface area contributed by atoms with E-state index in [-0.39, 0.29) is 0 Å². The molecule has 0 N–H and O–H groups in total. The summed E-state index contributed by atoms with van der Waals surface area (Å²) in [6, 6.07) is 5.94. The van der Waals surface area contributed by atoms with Gasteiger partial charge in [0.2, 0.25) is 0 Å². The zero-order valence-corrected chi connectivity index (χ0v) is 11.6. The van der Waals surface area contributed by atoms with E-state index in [2.05, 4.69) is 45.7 Å². The van der Waals surface area contributed by atoms with Gasteiger partial charge in [0, 0.05) is 4.47 Å². The average Bonchev–Trinajstić information content (AvgIpc) is 2.08. The molecule has 0 aliphatic rings. The smallest absolute Gasteiger partial charge is 0.133 e. The van der Waals surface area contributed by atoms with E-state index in [1.165, 1.54) is 0 Å². The van der Waals surface area contributed by atoms with Crippen molar-refractivity contribution in [1.29, 1.82) is 0 Å². The molecule has 1 aromatic carbocycles. The highest BCUT2D eigenvalue weighted by Gasteiger charge is 2.01. The van der Waals surface area contributed by atoms with Crippen LogP contribution in [-0.4, -0.2) is 6.61 Å². The maximum Gasteiger partial charge on any atom is 0.133 e. The molecule has 0 saturated heterocycles. The molecule has 1 rings (SSSR count). The zero-order valence-electron chi connectivity index (χ0n) is 8.39. The zero-order chi connectivity index (χ0) is 10.6. The molecule has 0 heterocycles. The van der Waals surface area contributed by atoms with Crippen LogP contribution in [0.15, 0.2) is 27.1 Å². The summed E-state index contributed by atoms with van der Waals surface area (Å²) in [7, 11) is 0.